The first-order valence-electron chi connectivity index (χ1n) is 7.66. The van der Waals surface area contributed by atoms with E-state index in [4.69, 9.17) is 5.73 Å². The van der Waals surface area contributed by atoms with Crippen LogP contribution in [0.5, 0.6) is 0 Å². The van der Waals surface area contributed by atoms with Gasteiger partial charge in [0.2, 0.25) is 0 Å². The molecule has 3 rings (SSSR count). The maximum Gasteiger partial charge on any atom is 0.251 e. The van der Waals surface area contributed by atoms with E-state index < -0.39 is 23.4 Å². The number of hydrogen-bond acceptors (Lipinski definition) is 2. The van der Waals surface area contributed by atoms with E-state index in [9.17, 15) is 18.0 Å². The minimum Gasteiger partial charge on any atom is -0.349 e. The summed E-state index contributed by atoms with van der Waals surface area (Å²) in [4.78, 5) is 12.2. The van der Waals surface area contributed by atoms with Crippen LogP contribution in [-0.2, 0) is 0 Å². The van der Waals surface area contributed by atoms with E-state index >= 15 is 0 Å². The molecule has 3 N–H and O–H groups in total. The predicted molar refractivity (Wildman–Crippen MR) is 75.6 cm³/mol. The predicted octanol–water partition coefficient (Wildman–Crippen LogP) is 2.74. The Morgan fingerprint density at radius 2 is 1.64 bits per heavy atom. The Labute approximate surface area is 127 Å². The molecule has 1 amide bonds. The van der Waals surface area contributed by atoms with Gasteiger partial charge in [-0.1, -0.05) is 6.42 Å². The molecule has 2 saturated carbocycles. The number of hydrogen-bond donors (Lipinski definition) is 2. The largest absolute Gasteiger partial charge is 0.349 e. The molecule has 0 aliphatic heterocycles. The second kappa shape index (κ2) is 5.91. The summed E-state index contributed by atoms with van der Waals surface area (Å²) in [6.07, 6.45) is 4.83. The summed E-state index contributed by atoms with van der Waals surface area (Å²) in [6.45, 7) is 0. The summed E-state index contributed by atoms with van der Waals surface area (Å²) in [7, 11) is 0. The van der Waals surface area contributed by atoms with Crippen molar-refractivity contribution in [3.63, 3.8) is 0 Å². The molecule has 6 heteroatoms. The molecular weight excluding hydrogens is 293 g/mol. The summed E-state index contributed by atoms with van der Waals surface area (Å²) in [5.41, 5.74) is 5.84. The molecule has 2 aliphatic carbocycles. The fourth-order valence-corrected chi connectivity index (χ4v) is 3.95. The third-order valence-corrected chi connectivity index (χ3v) is 4.92. The molecule has 0 radical (unpaired) electrons. The first-order valence-corrected chi connectivity index (χ1v) is 7.66. The van der Waals surface area contributed by atoms with Gasteiger partial charge in [0.05, 0.1) is 0 Å². The van der Waals surface area contributed by atoms with E-state index in [0.29, 0.717) is 11.8 Å². The fraction of sp³-hybridized carbons (Fsp3) is 0.562. The van der Waals surface area contributed by atoms with Gasteiger partial charge in [0.15, 0.2) is 17.5 Å². The average molecular weight is 312 g/mol. The lowest BCUT2D eigenvalue weighted by atomic mass is 9.67. The lowest BCUT2D eigenvalue weighted by Gasteiger charge is -2.45. The number of fused-ring (bicyclic) bond motifs is 2. The van der Waals surface area contributed by atoms with Crippen molar-refractivity contribution in [2.45, 2.75) is 44.2 Å². The van der Waals surface area contributed by atoms with Crippen molar-refractivity contribution in [3.05, 3.63) is 35.1 Å². The molecule has 22 heavy (non-hydrogen) atoms. The van der Waals surface area contributed by atoms with Gasteiger partial charge in [0, 0.05) is 17.6 Å². The average Bonchev–Trinajstić information content (AvgIpc) is 2.45. The number of amides is 1. The van der Waals surface area contributed by atoms with Crippen molar-refractivity contribution >= 4 is 5.91 Å². The topological polar surface area (TPSA) is 55.1 Å². The Kier molecular flexibility index (Phi) is 4.12. The number of nitrogens with two attached hydrogens (primary N) is 1. The molecular formula is C16H19F3N2O. The Bertz CT molecular complexity index is 556. The number of carbonyl (C=O) groups is 1. The molecule has 120 valence electrons. The van der Waals surface area contributed by atoms with Crippen LogP contribution in [-0.4, -0.2) is 18.0 Å². The molecule has 0 saturated heterocycles. The van der Waals surface area contributed by atoms with Crippen molar-refractivity contribution in [2.75, 3.05) is 0 Å². The van der Waals surface area contributed by atoms with Crippen LogP contribution in [0, 0.1) is 29.3 Å². The van der Waals surface area contributed by atoms with Crippen LogP contribution in [0.15, 0.2) is 12.1 Å². The molecule has 0 heterocycles. The van der Waals surface area contributed by atoms with Crippen LogP contribution in [0.25, 0.3) is 0 Å². The van der Waals surface area contributed by atoms with Gasteiger partial charge in [-0.15, -0.1) is 0 Å². The third-order valence-electron chi connectivity index (χ3n) is 4.92. The van der Waals surface area contributed by atoms with Crippen LogP contribution in [0.2, 0.25) is 0 Å². The van der Waals surface area contributed by atoms with Gasteiger partial charge in [0.1, 0.15) is 0 Å². The Morgan fingerprint density at radius 1 is 1.09 bits per heavy atom. The lowest BCUT2D eigenvalue weighted by molar-refractivity contribution is 0.0755. The zero-order chi connectivity index (χ0) is 15.9. The van der Waals surface area contributed by atoms with E-state index in [2.05, 4.69) is 5.32 Å². The van der Waals surface area contributed by atoms with Gasteiger partial charge in [-0.3, -0.25) is 4.79 Å². The smallest absolute Gasteiger partial charge is 0.251 e. The highest BCUT2D eigenvalue weighted by atomic mass is 19.2. The first-order chi connectivity index (χ1) is 10.5. The molecule has 2 atom stereocenters. The van der Waals surface area contributed by atoms with Crippen molar-refractivity contribution in [1.82, 2.24) is 5.32 Å². The van der Waals surface area contributed by atoms with Crippen molar-refractivity contribution in [2.24, 2.45) is 17.6 Å². The highest BCUT2D eigenvalue weighted by molar-refractivity contribution is 5.94. The molecule has 3 nitrogen and oxygen atoms in total. The molecule has 2 fully saturated rings. The van der Waals surface area contributed by atoms with Crippen LogP contribution in [0.1, 0.15) is 42.5 Å². The molecule has 2 aliphatic rings. The third kappa shape index (κ3) is 2.84. The van der Waals surface area contributed by atoms with Gasteiger partial charge < -0.3 is 11.1 Å². The highest BCUT2D eigenvalue weighted by Gasteiger charge is 2.40. The number of halogens is 3. The Morgan fingerprint density at radius 3 is 2.18 bits per heavy atom. The Hall–Kier alpha value is -1.56. The van der Waals surface area contributed by atoms with E-state index in [0.717, 1.165) is 44.2 Å². The summed E-state index contributed by atoms with van der Waals surface area (Å²) >= 11 is 0. The maximum absolute atomic E-state index is 13.2. The molecule has 1 aromatic rings. The van der Waals surface area contributed by atoms with E-state index in [1.165, 1.54) is 0 Å². The lowest BCUT2D eigenvalue weighted by Crippen LogP contribution is -2.53. The van der Waals surface area contributed by atoms with E-state index in [1.54, 1.807) is 0 Å². The van der Waals surface area contributed by atoms with E-state index in [-0.39, 0.29) is 17.6 Å². The van der Waals surface area contributed by atoms with Crippen LogP contribution >= 0.6 is 0 Å². The zero-order valence-corrected chi connectivity index (χ0v) is 12.1. The molecule has 0 spiro atoms. The SMILES string of the molecule is NC1CC2CCCC(C1)C2NC(=O)c1cc(F)c(F)c(F)c1. The zero-order valence-electron chi connectivity index (χ0n) is 12.1. The summed E-state index contributed by atoms with van der Waals surface area (Å²) in [5, 5.41) is 2.88. The van der Waals surface area contributed by atoms with Crippen molar-refractivity contribution in [3.8, 4) is 0 Å². The van der Waals surface area contributed by atoms with Crippen LogP contribution in [0.3, 0.4) is 0 Å². The van der Waals surface area contributed by atoms with Crippen LogP contribution in [0.4, 0.5) is 13.2 Å². The molecule has 0 aromatic heterocycles. The van der Waals surface area contributed by atoms with Gasteiger partial charge in [-0.05, 0) is 49.7 Å². The van der Waals surface area contributed by atoms with Crippen molar-refractivity contribution < 1.29 is 18.0 Å². The van der Waals surface area contributed by atoms with Gasteiger partial charge in [-0.25, -0.2) is 13.2 Å². The van der Waals surface area contributed by atoms with Gasteiger partial charge >= 0.3 is 0 Å². The molecule has 2 bridgehead atoms. The maximum atomic E-state index is 13.2. The summed E-state index contributed by atoms with van der Waals surface area (Å²) < 4.78 is 39.5. The second-order valence-electron chi connectivity index (χ2n) is 6.44. The standard InChI is InChI=1S/C16H19F3N2O/c17-12-6-10(7-13(18)14(12)19)16(22)21-15-8-2-1-3-9(15)5-11(20)4-8/h6-9,11,15H,1-5,20H2,(H,21,22). The van der Waals surface area contributed by atoms with Gasteiger partial charge in [0.25, 0.3) is 5.91 Å². The molecule has 2 unspecified atom stereocenters. The normalized spacial score (nSPS) is 30.9. The summed E-state index contributed by atoms with van der Waals surface area (Å²) in [6, 6.07) is 1.61. The minimum atomic E-state index is -1.56. The minimum absolute atomic E-state index is 0.0165. The van der Waals surface area contributed by atoms with Gasteiger partial charge in [-0.2, -0.15) is 0 Å². The number of benzene rings is 1. The summed E-state index contributed by atoms with van der Waals surface area (Å²) in [5.74, 6) is -4.21. The number of rotatable bonds is 2. The second-order valence-corrected chi connectivity index (χ2v) is 6.44. The first kappa shape index (κ1) is 15.3. The monoisotopic (exact) mass is 312 g/mol. The van der Waals surface area contributed by atoms with E-state index in [1.807, 2.05) is 0 Å². The van der Waals surface area contributed by atoms with Crippen molar-refractivity contribution in [1.29, 1.82) is 0 Å². The van der Waals surface area contributed by atoms with Crippen LogP contribution < -0.4 is 11.1 Å². The Balaban J connectivity index is 1.77. The number of carbonyl (C=O) groups excluding carboxylic acids is 1. The fourth-order valence-electron chi connectivity index (χ4n) is 3.95. The number of nitrogens with one attached hydrogen (secondary N) is 1. The highest BCUT2D eigenvalue weighted by Crippen LogP contribution is 2.39. The quantitative estimate of drug-likeness (QED) is 0.825. The molecule has 1 aromatic carbocycles.